The lowest BCUT2D eigenvalue weighted by atomic mass is 9.96. The van der Waals surface area contributed by atoms with Crippen LogP contribution in [0.2, 0.25) is 0 Å². The summed E-state index contributed by atoms with van der Waals surface area (Å²) in [6.45, 7) is -1.000. The standard InChI is InChI=1S/C17H18F4N2O3/c18-10-3-1-9(2-4-10)14(15(24)22-11-5-6-11)23-7-12(16(25)26)13(8-23)17(19,20)21/h1-4,11-14H,5-8H2,(H,22,24)(H,25,26)/t12-,13-,14?/m1/s1. The van der Waals surface area contributed by atoms with E-state index in [1.165, 1.54) is 17.0 Å². The van der Waals surface area contributed by atoms with Crippen molar-refractivity contribution in [1.29, 1.82) is 0 Å². The van der Waals surface area contributed by atoms with Gasteiger partial charge in [0.05, 0.1) is 11.8 Å². The summed E-state index contributed by atoms with van der Waals surface area (Å²) in [6.07, 6.45) is -3.09. The second kappa shape index (κ2) is 6.86. The van der Waals surface area contributed by atoms with E-state index in [1.807, 2.05) is 0 Å². The van der Waals surface area contributed by atoms with Gasteiger partial charge in [0, 0.05) is 19.1 Å². The third-order valence-electron chi connectivity index (χ3n) is 4.81. The Morgan fingerprint density at radius 3 is 2.23 bits per heavy atom. The van der Waals surface area contributed by atoms with E-state index >= 15 is 0 Å². The zero-order valence-electron chi connectivity index (χ0n) is 13.7. The van der Waals surface area contributed by atoms with E-state index in [-0.39, 0.29) is 6.04 Å². The van der Waals surface area contributed by atoms with Gasteiger partial charge in [0.15, 0.2) is 0 Å². The molecule has 9 heteroatoms. The van der Waals surface area contributed by atoms with E-state index in [0.29, 0.717) is 5.56 Å². The number of carbonyl (C=O) groups excluding carboxylic acids is 1. The highest BCUT2D eigenvalue weighted by atomic mass is 19.4. The predicted octanol–water partition coefficient (Wildman–Crippen LogP) is 2.34. The molecule has 26 heavy (non-hydrogen) atoms. The Morgan fingerprint density at radius 1 is 1.15 bits per heavy atom. The normalized spacial score (nSPS) is 25.1. The van der Waals surface area contributed by atoms with Crippen LogP contribution >= 0.6 is 0 Å². The summed E-state index contributed by atoms with van der Waals surface area (Å²) in [4.78, 5) is 25.1. The van der Waals surface area contributed by atoms with Crippen LogP contribution in [0.5, 0.6) is 0 Å². The molecule has 1 saturated carbocycles. The molecule has 0 radical (unpaired) electrons. The maximum absolute atomic E-state index is 13.2. The number of benzene rings is 1. The monoisotopic (exact) mass is 374 g/mol. The maximum atomic E-state index is 13.2. The number of alkyl halides is 3. The summed E-state index contributed by atoms with van der Waals surface area (Å²) < 4.78 is 52.9. The van der Waals surface area contributed by atoms with E-state index in [1.54, 1.807) is 0 Å². The molecule has 3 atom stereocenters. The van der Waals surface area contributed by atoms with Gasteiger partial charge in [-0.1, -0.05) is 12.1 Å². The Balaban J connectivity index is 1.89. The molecular formula is C17H18F4N2O3. The van der Waals surface area contributed by atoms with Crippen molar-refractivity contribution in [1.82, 2.24) is 10.2 Å². The van der Waals surface area contributed by atoms with Crippen molar-refractivity contribution < 1.29 is 32.3 Å². The zero-order chi connectivity index (χ0) is 19.1. The van der Waals surface area contributed by atoms with Crippen LogP contribution in [0.1, 0.15) is 24.4 Å². The second-order valence-corrected chi connectivity index (χ2v) is 6.78. The number of amides is 1. The third kappa shape index (κ3) is 3.98. The molecule has 1 heterocycles. The molecule has 2 aliphatic rings. The van der Waals surface area contributed by atoms with E-state index in [4.69, 9.17) is 0 Å². The Labute approximate surface area is 147 Å². The van der Waals surface area contributed by atoms with Gasteiger partial charge in [-0.3, -0.25) is 14.5 Å². The number of nitrogens with zero attached hydrogens (tertiary/aromatic N) is 1. The third-order valence-corrected chi connectivity index (χ3v) is 4.81. The Bertz CT molecular complexity index is 688. The predicted molar refractivity (Wildman–Crippen MR) is 82.5 cm³/mol. The van der Waals surface area contributed by atoms with Gasteiger partial charge in [-0.15, -0.1) is 0 Å². The minimum Gasteiger partial charge on any atom is -0.481 e. The first kappa shape index (κ1) is 18.6. The molecule has 1 amide bonds. The molecule has 1 aliphatic carbocycles. The minimum atomic E-state index is -4.68. The SMILES string of the molecule is O=C(NC1CC1)C(c1ccc(F)cc1)N1C[C@@H](C(F)(F)F)[C@H](C(=O)O)C1. The van der Waals surface area contributed by atoms with Gasteiger partial charge >= 0.3 is 12.1 Å². The van der Waals surface area contributed by atoms with Crippen molar-refractivity contribution in [2.24, 2.45) is 11.8 Å². The van der Waals surface area contributed by atoms with Crippen LogP contribution in [-0.4, -0.2) is 47.2 Å². The van der Waals surface area contributed by atoms with Crippen molar-refractivity contribution in [2.75, 3.05) is 13.1 Å². The summed E-state index contributed by atoms with van der Waals surface area (Å²) in [5.74, 6) is -6.28. The molecule has 0 aromatic heterocycles. The van der Waals surface area contributed by atoms with Gasteiger partial charge in [0.25, 0.3) is 0 Å². The number of halogens is 4. The van der Waals surface area contributed by atoms with Crippen molar-refractivity contribution in [3.05, 3.63) is 35.6 Å². The van der Waals surface area contributed by atoms with Crippen LogP contribution in [0.25, 0.3) is 0 Å². The molecule has 1 saturated heterocycles. The average Bonchev–Trinajstić information content (AvgIpc) is 3.23. The number of rotatable bonds is 5. The molecule has 0 bridgehead atoms. The fourth-order valence-corrected chi connectivity index (χ4v) is 3.31. The number of aliphatic carboxylic acids is 1. The lowest BCUT2D eigenvalue weighted by Crippen LogP contribution is -2.41. The molecule has 1 aromatic carbocycles. The van der Waals surface area contributed by atoms with Gasteiger partial charge in [0.1, 0.15) is 11.9 Å². The first-order chi connectivity index (χ1) is 12.2. The number of hydrogen-bond donors (Lipinski definition) is 2. The maximum Gasteiger partial charge on any atom is 0.393 e. The van der Waals surface area contributed by atoms with Gasteiger partial charge in [0.2, 0.25) is 5.91 Å². The Hall–Kier alpha value is -2.16. The van der Waals surface area contributed by atoms with Crippen molar-refractivity contribution in [3.8, 4) is 0 Å². The average molecular weight is 374 g/mol. The van der Waals surface area contributed by atoms with Crippen LogP contribution in [-0.2, 0) is 9.59 Å². The van der Waals surface area contributed by atoms with Crippen molar-refractivity contribution in [2.45, 2.75) is 31.1 Å². The van der Waals surface area contributed by atoms with Crippen LogP contribution < -0.4 is 5.32 Å². The Morgan fingerprint density at radius 2 is 1.77 bits per heavy atom. The highest BCUT2D eigenvalue weighted by Gasteiger charge is 2.54. The molecule has 0 spiro atoms. The highest BCUT2D eigenvalue weighted by Crippen LogP contribution is 2.41. The lowest BCUT2D eigenvalue weighted by Gasteiger charge is -2.27. The van der Waals surface area contributed by atoms with E-state index in [9.17, 15) is 32.3 Å². The molecule has 2 N–H and O–H groups in total. The molecular weight excluding hydrogens is 356 g/mol. The summed E-state index contributed by atoms with van der Waals surface area (Å²) >= 11 is 0. The molecule has 1 unspecified atom stereocenters. The van der Waals surface area contributed by atoms with Gasteiger partial charge < -0.3 is 10.4 Å². The van der Waals surface area contributed by atoms with Gasteiger partial charge in [-0.25, -0.2) is 4.39 Å². The largest absolute Gasteiger partial charge is 0.481 e. The smallest absolute Gasteiger partial charge is 0.393 e. The van der Waals surface area contributed by atoms with Crippen molar-refractivity contribution in [3.63, 3.8) is 0 Å². The van der Waals surface area contributed by atoms with Gasteiger partial charge in [-0.05, 0) is 30.5 Å². The number of likely N-dealkylation sites (tertiary alicyclic amines) is 1. The van der Waals surface area contributed by atoms with Crippen LogP contribution in [0.15, 0.2) is 24.3 Å². The zero-order valence-corrected chi connectivity index (χ0v) is 13.7. The fraction of sp³-hybridized carbons (Fsp3) is 0.529. The van der Waals surface area contributed by atoms with Crippen LogP contribution in [0.3, 0.4) is 0 Å². The number of hydrogen-bond acceptors (Lipinski definition) is 3. The Kier molecular flexibility index (Phi) is 4.92. The fourth-order valence-electron chi connectivity index (χ4n) is 3.31. The molecule has 2 fully saturated rings. The number of carboxylic acid groups (broad SMARTS) is 1. The minimum absolute atomic E-state index is 0.0123. The van der Waals surface area contributed by atoms with Crippen LogP contribution in [0.4, 0.5) is 17.6 Å². The van der Waals surface area contributed by atoms with E-state index in [0.717, 1.165) is 25.0 Å². The quantitative estimate of drug-likeness (QED) is 0.777. The number of carbonyl (C=O) groups is 2. The number of nitrogens with one attached hydrogen (secondary N) is 1. The summed E-state index contributed by atoms with van der Waals surface area (Å²) in [5, 5.41) is 11.9. The topological polar surface area (TPSA) is 69.6 Å². The van der Waals surface area contributed by atoms with Gasteiger partial charge in [-0.2, -0.15) is 13.2 Å². The summed E-state index contributed by atoms with van der Waals surface area (Å²) in [5.41, 5.74) is 0.330. The molecule has 1 aliphatic heterocycles. The first-order valence-corrected chi connectivity index (χ1v) is 8.26. The molecule has 142 valence electrons. The lowest BCUT2D eigenvalue weighted by molar-refractivity contribution is -0.188. The summed E-state index contributed by atoms with van der Waals surface area (Å²) in [6, 6.07) is 3.82. The number of carboxylic acids is 1. The van der Waals surface area contributed by atoms with E-state index in [2.05, 4.69) is 5.32 Å². The van der Waals surface area contributed by atoms with Crippen molar-refractivity contribution >= 4 is 11.9 Å². The first-order valence-electron chi connectivity index (χ1n) is 8.26. The second-order valence-electron chi connectivity index (χ2n) is 6.78. The summed E-state index contributed by atoms with van der Waals surface area (Å²) in [7, 11) is 0. The van der Waals surface area contributed by atoms with Crippen LogP contribution in [0, 0.1) is 17.7 Å². The molecule has 1 aromatic rings. The molecule has 3 rings (SSSR count). The highest BCUT2D eigenvalue weighted by molar-refractivity contribution is 5.84. The van der Waals surface area contributed by atoms with E-state index < -0.39 is 54.8 Å². The molecule has 5 nitrogen and oxygen atoms in total.